The molecule has 0 aromatic carbocycles. The molecule has 0 radical (unpaired) electrons. The first kappa shape index (κ1) is 58.6. The average Bonchev–Trinajstić information content (AvgIpc) is 3.25. The zero-order valence-electron chi connectivity index (χ0n) is 40.3. The van der Waals surface area contributed by atoms with Gasteiger partial charge < -0.3 is 20.3 Å². The van der Waals surface area contributed by atoms with Gasteiger partial charge in [0.2, 0.25) is 5.91 Å². The molecule has 0 rings (SSSR count). The van der Waals surface area contributed by atoms with Gasteiger partial charge in [-0.05, 0) is 70.6 Å². The summed E-state index contributed by atoms with van der Waals surface area (Å²) >= 11 is 0. The van der Waals surface area contributed by atoms with E-state index in [4.69, 9.17) is 4.74 Å². The van der Waals surface area contributed by atoms with Crippen molar-refractivity contribution >= 4 is 11.9 Å². The van der Waals surface area contributed by atoms with Crippen molar-refractivity contribution in [3.05, 3.63) is 60.8 Å². The van der Waals surface area contributed by atoms with Gasteiger partial charge in [0.25, 0.3) is 0 Å². The van der Waals surface area contributed by atoms with Crippen molar-refractivity contribution in [2.75, 3.05) is 6.61 Å². The third kappa shape index (κ3) is 44.0. The van der Waals surface area contributed by atoms with Crippen LogP contribution in [0.4, 0.5) is 0 Å². The molecule has 6 nitrogen and oxygen atoms in total. The lowest BCUT2D eigenvalue weighted by Crippen LogP contribution is -2.46. The molecule has 3 N–H and O–H groups in total. The predicted molar refractivity (Wildman–Crippen MR) is 264 cm³/mol. The normalized spacial score (nSPS) is 13.7. The van der Waals surface area contributed by atoms with Gasteiger partial charge in [0.15, 0.2) is 0 Å². The second-order valence-electron chi connectivity index (χ2n) is 17.6. The Hall–Kier alpha value is -2.44. The molecule has 0 bridgehead atoms. The van der Waals surface area contributed by atoms with E-state index in [1.165, 1.54) is 135 Å². The Morgan fingerprint density at radius 2 is 0.902 bits per heavy atom. The van der Waals surface area contributed by atoms with Crippen molar-refractivity contribution in [1.82, 2.24) is 5.32 Å². The second-order valence-corrected chi connectivity index (χ2v) is 17.6. The van der Waals surface area contributed by atoms with Crippen LogP contribution < -0.4 is 5.32 Å². The van der Waals surface area contributed by atoms with Crippen molar-refractivity contribution in [2.24, 2.45) is 0 Å². The Morgan fingerprint density at radius 1 is 0.492 bits per heavy atom. The van der Waals surface area contributed by atoms with E-state index in [0.29, 0.717) is 19.3 Å². The SMILES string of the molecule is CC/C=C/C=C/C=C\C=C/CCCCCC(=O)OC(CCCCCCCCC/C=C/CCCCCCCC)CC(=O)NC(CO)C(O)CCCCCCCCCCCCCC. The summed E-state index contributed by atoms with van der Waals surface area (Å²) in [6.07, 6.45) is 59.9. The molecule has 354 valence electrons. The van der Waals surface area contributed by atoms with Gasteiger partial charge in [0, 0.05) is 6.42 Å². The van der Waals surface area contributed by atoms with Gasteiger partial charge in [0.05, 0.1) is 25.2 Å². The molecule has 0 aliphatic heterocycles. The Kier molecular flexibility index (Phi) is 46.6. The molecule has 3 unspecified atom stereocenters. The van der Waals surface area contributed by atoms with Crippen LogP contribution in [0.15, 0.2) is 60.8 Å². The molecule has 0 aromatic heterocycles. The number of aliphatic hydroxyl groups excluding tert-OH is 2. The Morgan fingerprint density at radius 3 is 1.39 bits per heavy atom. The maximum Gasteiger partial charge on any atom is 0.306 e. The molecule has 0 aliphatic carbocycles. The molecular weight excluding hydrogens is 755 g/mol. The number of ether oxygens (including phenoxy) is 1. The summed E-state index contributed by atoms with van der Waals surface area (Å²) in [5.74, 6) is -0.521. The van der Waals surface area contributed by atoms with Crippen LogP contribution in [0.5, 0.6) is 0 Å². The van der Waals surface area contributed by atoms with Crippen LogP contribution in [-0.2, 0) is 14.3 Å². The van der Waals surface area contributed by atoms with E-state index in [2.05, 4.69) is 62.5 Å². The van der Waals surface area contributed by atoms with E-state index in [-0.39, 0.29) is 24.9 Å². The summed E-state index contributed by atoms with van der Waals surface area (Å²) in [7, 11) is 0. The predicted octanol–water partition coefficient (Wildman–Crippen LogP) is 15.6. The third-order valence-corrected chi connectivity index (χ3v) is 11.7. The van der Waals surface area contributed by atoms with Crippen LogP contribution in [-0.4, -0.2) is 46.9 Å². The third-order valence-electron chi connectivity index (χ3n) is 11.7. The molecule has 1 amide bonds. The zero-order chi connectivity index (χ0) is 44.5. The fourth-order valence-electron chi connectivity index (χ4n) is 7.73. The monoisotopic (exact) mass is 854 g/mol. The van der Waals surface area contributed by atoms with Crippen LogP contribution in [0.1, 0.15) is 252 Å². The fourth-order valence-corrected chi connectivity index (χ4v) is 7.73. The van der Waals surface area contributed by atoms with E-state index < -0.39 is 18.2 Å². The Labute approximate surface area is 378 Å². The molecule has 0 fully saturated rings. The van der Waals surface area contributed by atoms with Gasteiger partial charge in [-0.3, -0.25) is 9.59 Å². The smallest absolute Gasteiger partial charge is 0.306 e. The number of amides is 1. The number of allylic oxidation sites excluding steroid dienone is 10. The number of unbranched alkanes of at least 4 members (excludes halogenated alkanes) is 27. The number of aliphatic hydroxyl groups is 2. The number of hydrogen-bond acceptors (Lipinski definition) is 5. The first-order valence-electron chi connectivity index (χ1n) is 26.1. The standard InChI is InChI=1S/C55H99NO5/c1-4-7-10-13-16-19-22-25-26-27-28-30-31-34-37-40-43-46-51(61-55(60)48-45-42-39-36-33-29-23-20-17-14-11-8-5-2)49-54(59)56-52(50-57)53(58)47-44-41-38-35-32-24-21-18-15-12-9-6-3/h8,11,14,17,20,23,25-26,29,33,51-53,57-58H,4-7,9-10,12-13,15-16,18-19,21-22,24,27-28,30-32,34-50H2,1-3H3,(H,56,59)/b11-8+,17-14+,23-20-,26-25+,33-29-. The van der Waals surface area contributed by atoms with Gasteiger partial charge in [-0.1, -0.05) is 229 Å². The number of nitrogens with one attached hydrogen (secondary N) is 1. The van der Waals surface area contributed by atoms with Crippen LogP contribution >= 0.6 is 0 Å². The molecule has 0 aromatic rings. The highest BCUT2D eigenvalue weighted by Crippen LogP contribution is 2.18. The van der Waals surface area contributed by atoms with Gasteiger partial charge in [-0.2, -0.15) is 0 Å². The van der Waals surface area contributed by atoms with Crippen LogP contribution in [0.25, 0.3) is 0 Å². The molecule has 0 saturated carbocycles. The van der Waals surface area contributed by atoms with Gasteiger partial charge in [-0.15, -0.1) is 0 Å². The lowest BCUT2D eigenvalue weighted by molar-refractivity contribution is -0.151. The van der Waals surface area contributed by atoms with Crippen molar-refractivity contribution < 1.29 is 24.5 Å². The highest BCUT2D eigenvalue weighted by atomic mass is 16.5. The lowest BCUT2D eigenvalue weighted by atomic mass is 10.0. The molecular formula is C55H99NO5. The molecule has 0 spiro atoms. The zero-order valence-corrected chi connectivity index (χ0v) is 40.3. The van der Waals surface area contributed by atoms with Gasteiger partial charge >= 0.3 is 5.97 Å². The summed E-state index contributed by atoms with van der Waals surface area (Å²) in [4.78, 5) is 26.1. The quantitative estimate of drug-likeness (QED) is 0.0245. The fraction of sp³-hybridized carbons (Fsp3) is 0.782. The second kappa shape index (κ2) is 48.6. The first-order valence-corrected chi connectivity index (χ1v) is 26.1. The minimum Gasteiger partial charge on any atom is -0.462 e. The number of carbonyl (C=O) groups is 2. The Balaban J connectivity index is 4.64. The minimum absolute atomic E-state index is 0.0579. The maximum absolute atomic E-state index is 13.2. The average molecular weight is 854 g/mol. The van der Waals surface area contributed by atoms with Crippen molar-refractivity contribution in [1.29, 1.82) is 0 Å². The molecule has 61 heavy (non-hydrogen) atoms. The van der Waals surface area contributed by atoms with Gasteiger partial charge in [-0.25, -0.2) is 0 Å². The highest BCUT2D eigenvalue weighted by molar-refractivity contribution is 5.77. The summed E-state index contributed by atoms with van der Waals surface area (Å²) in [6, 6.07) is -0.712. The van der Waals surface area contributed by atoms with E-state index in [1.54, 1.807) is 0 Å². The molecule has 3 atom stereocenters. The number of carbonyl (C=O) groups excluding carboxylic acids is 2. The number of esters is 1. The maximum atomic E-state index is 13.2. The minimum atomic E-state index is -0.796. The highest BCUT2D eigenvalue weighted by Gasteiger charge is 2.24. The molecule has 6 heteroatoms. The summed E-state index contributed by atoms with van der Waals surface area (Å²) in [5, 5.41) is 23.8. The lowest BCUT2D eigenvalue weighted by Gasteiger charge is -2.24. The van der Waals surface area contributed by atoms with E-state index in [9.17, 15) is 19.8 Å². The molecule has 0 heterocycles. The van der Waals surface area contributed by atoms with E-state index >= 15 is 0 Å². The van der Waals surface area contributed by atoms with E-state index in [1.807, 2.05) is 24.3 Å². The van der Waals surface area contributed by atoms with Crippen molar-refractivity contribution in [2.45, 2.75) is 270 Å². The van der Waals surface area contributed by atoms with Crippen molar-refractivity contribution in [3.8, 4) is 0 Å². The Bertz CT molecular complexity index is 1090. The van der Waals surface area contributed by atoms with Crippen LogP contribution in [0, 0.1) is 0 Å². The summed E-state index contributed by atoms with van der Waals surface area (Å²) in [6.45, 7) is 6.33. The van der Waals surface area contributed by atoms with Crippen molar-refractivity contribution in [3.63, 3.8) is 0 Å². The number of rotatable bonds is 46. The summed E-state index contributed by atoms with van der Waals surface area (Å²) in [5.41, 5.74) is 0. The summed E-state index contributed by atoms with van der Waals surface area (Å²) < 4.78 is 5.92. The number of hydrogen-bond donors (Lipinski definition) is 3. The van der Waals surface area contributed by atoms with E-state index in [0.717, 1.165) is 70.6 Å². The van der Waals surface area contributed by atoms with Crippen LogP contribution in [0.2, 0.25) is 0 Å². The topological polar surface area (TPSA) is 95.9 Å². The largest absolute Gasteiger partial charge is 0.462 e. The van der Waals surface area contributed by atoms with Gasteiger partial charge in [0.1, 0.15) is 6.10 Å². The first-order chi connectivity index (χ1) is 30.0. The van der Waals surface area contributed by atoms with Crippen LogP contribution in [0.3, 0.4) is 0 Å². The molecule has 0 saturated heterocycles. The molecule has 0 aliphatic rings.